The van der Waals surface area contributed by atoms with Crippen LogP contribution in [0.5, 0.6) is 0 Å². The molecule has 2 aromatic rings. The fourth-order valence-corrected chi connectivity index (χ4v) is 1.58. The summed E-state index contributed by atoms with van der Waals surface area (Å²) in [7, 11) is 0. The van der Waals surface area contributed by atoms with Crippen molar-refractivity contribution in [2.75, 3.05) is 11.9 Å². The molecule has 0 saturated carbocycles. The average molecular weight is 306 g/mol. The van der Waals surface area contributed by atoms with Gasteiger partial charge in [0.1, 0.15) is 5.76 Å². The molecular formula is C15H12ClNO4. The number of benzene rings is 1. The Labute approximate surface area is 126 Å². The lowest BCUT2D eigenvalue weighted by Gasteiger charge is -2.05. The first-order valence-electron chi connectivity index (χ1n) is 6.07. The van der Waals surface area contributed by atoms with E-state index in [2.05, 4.69) is 5.32 Å². The Morgan fingerprint density at radius 1 is 1.24 bits per heavy atom. The standard InChI is InChI=1S/C15H12ClNO4/c16-11-3-5-12(6-4-11)17-14(18)10-21-15(19)8-7-13-2-1-9-20-13/h1-9H,10H2,(H,17,18). The van der Waals surface area contributed by atoms with Crippen LogP contribution in [0.25, 0.3) is 6.08 Å². The Kier molecular flexibility index (Phi) is 5.17. The molecular weight excluding hydrogens is 294 g/mol. The molecule has 0 atom stereocenters. The number of hydrogen-bond donors (Lipinski definition) is 1. The number of carbonyl (C=O) groups is 2. The fraction of sp³-hybridized carbons (Fsp3) is 0.0667. The number of furan rings is 1. The van der Waals surface area contributed by atoms with Crippen LogP contribution < -0.4 is 5.32 Å². The molecule has 0 spiro atoms. The predicted molar refractivity (Wildman–Crippen MR) is 78.8 cm³/mol. The normalized spacial score (nSPS) is 10.5. The molecule has 0 saturated heterocycles. The van der Waals surface area contributed by atoms with Crippen molar-refractivity contribution in [1.29, 1.82) is 0 Å². The van der Waals surface area contributed by atoms with E-state index in [-0.39, 0.29) is 6.61 Å². The van der Waals surface area contributed by atoms with E-state index in [0.717, 1.165) is 0 Å². The van der Waals surface area contributed by atoms with Gasteiger partial charge in [-0.15, -0.1) is 0 Å². The zero-order valence-electron chi connectivity index (χ0n) is 10.9. The Balaban J connectivity index is 1.75. The molecule has 0 aliphatic heterocycles. The third-order valence-corrected chi connectivity index (χ3v) is 2.65. The molecule has 6 heteroatoms. The van der Waals surface area contributed by atoms with E-state index in [4.69, 9.17) is 20.8 Å². The van der Waals surface area contributed by atoms with Gasteiger partial charge in [-0.3, -0.25) is 4.79 Å². The summed E-state index contributed by atoms with van der Waals surface area (Å²) < 4.78 is 9.81. The lowest BCUT2D eigenvalue weighted by Crippen LogP contribution is -2.20. The van der Waals surface area contributed by atoms with Crippen molar-refractivity contribution in [3.05, 3.63) is 59.5 Å². The van der Waals surface area contributed by atoms with Gasteiger partial charge in [-0.1, -0.05) is 11.6 Å². The van der Waals surface area contributed by atoms with E-state index >= 15 is 0 Å². The number of anilines is 1. The van der Waals surface area contributed by atoms with E-state index in [0.29, 0.717) is 16.5 Å². The maximum absolute atomic E-state index is 11.6. The van der Waals surface area contributed by atoms with E-state index in [9.17, 15) is 9.59 Å². The number of hydrogen-bond acceptors (Lipinski definition) is 4. The number of carbonyl (C=O) groups excluding carboxylic acids is 2. The van der Waals surface area contributed by atoms with E-state index in [1.165, 1.54) is 18.4 Å². The summed E-state index contributed by atoms with van der Waals surface area (Å²) in [5.74, 6) is -0.535. The molecule has 0 aliphatic carbocycles. The highest BCUT2D eigenvalue weighted by molar-refractivity contribution is 6.30. The second-order valence-corrected chi connectivity index (χ2v) is 4.45. The van der Waals surface area contributed by atoms with Gasteiger partial charge in [0.25, 0.3) is 5.91 Å². The second-order valence-electron chi connectivity index (χ2n) is 4.01. The van der Waals surface area contributed by atoms with Gasteiger partial charge < -0.3 is 14.5 Å². The summed E-state index contributed by atoms with van der Waals surface area (Å²) in [4.78, 5) is 23.0. The number of rotatable bonds is 5. The van der Waals surface area contributed by atoms with Crippen LogP contribution in [-0.2, 0) is 14.3 Å². The Bertz CT molecular complexity index is 632. The molecule has 1 aromatic carbocycles. The number of esters is 1. The Morgan fingerprint density at radius 2 is 2.00 bits per heavy atom. The van der Waals surface area contributed by atoms with Crippen LogP contribution in [0.1, 0.15) is 5.76 Å². The molecule has 1 amide bonds. The fourth-order valence-electron chi connectivity index (χ4n) is 1.45. The Hall–Kier alpha value is -2.53. The van der Waals surface area contributed by atoms with Gasteiger partial charge in [-0.25, -0.2) is 4.79 Å². The van der Waals surface area contributed by atoms with Crippen molar-refractivity contribution in [3.63, 3.8) is 0 Å². The summed E-state index contributed by atoms with van der Waals surface area (Å²) in [6.07, 6.45) is 4.14. The van der Waals surface area contributed by atoms with Crippen LogP contribution in [0.2, 0.25) is 5.02 Å². The van der Waals surface area contributed by atoms with Crippen molar-refractivity contribution < 1.29 is 18.7 Å². The molecule has 1 heterocycles. The molecule has 0 unspecified atom stereocenters. The van der Waals surface area contributed by atoms with E-state index < -0.39 is 11.9 Å². The van der Waals surface area contributed by atoms with E-state index in [1.807, 2.05) is 0 Å². The summed E-state index contributed by atoms with van der Waals surface area (Å²) >= 11 is 5.73. The zero-order valence-corrected chi connectivity index (χ0v) is 11.7. The van der Waals surface area contributed by atoms with Crippen molar-refractivity contribution >= 4 is 35.2 Å². The Morgan fingerprint density at radius 3 is 2.67 bits per heavy atom. The van der Waals surface area contributed by atoms with Crippen LogP contribution >= 0.6 is 11.6 Å². The first-order valence-corrected chi connectivity index (χ1v) is 6.45. The largest absolute Gasteiger partial charge is 0.465 e. The minimum absolute atomic E-state index is 0.371. The van der Waals surface area contributed by atoms with Gasteiger partial charge >= 0.3 is 5.97 Å². The first-order chi connectivity index (χ1) is 10.1. The van der Waals surface area contributed by atoms with Gasteiger partial charge in [0.15, 0.2) is 6.61 Å². The molecule has 21 heavy (non-hydrogen) atoms. The SMILES string of the molecule is O=C(COC(=O)C=Cc1ccco1)Nc1ccc(Cl)cc1. The van der Waals surface area contributed by atoms with Gasteiger partial charge in [-0.2, -0.15) is 0 Å². The van der Waals surface area contributed by atoms with Gasteiger partial charge in [0.2, 0.25) is 0 Å². The predicted octanol–water partition coefficient (Wildman–Crippen LogP) is 3.13. The van der Waals surface area contributed by atoms with Crippen LogP contribution in [0, 0.1) is 0 Å². The van der Waals surface area contributed by atoms with Crippen LogP contribution in [0.15, 0.2) is 53.2 Å². The number of nitrogens with one attached hydrogen (secondary N) is 1. The zero-order chi connectivity index (χ0) is 15.1. The first kappa shape index (κ1) is 14.9. The molecule has 1 aromatic heterocycles. The lowest BCUT2D eigenvalue weighted by molar-refractivity contribution is -0.142. The van der Waals surface area contributed by atoms with Crippen molar-refractivity contribution in [2.24, 2.45) is 0 Å². The number of amides is 1. The molecule has 1 N–H and O–H groups in total. The molecule has 0 bridgehead atoms. The maximum atomic E-state index is 11.6. The van der Waals surface area contributed by atoms with E-state index in [1.54, 1.807) is 36.4 Å². The van der Waals surface area contributed by atoms with Gasteiger partial charge in [-0.05, 0) is 42.5 Å². The minimum atomic E-state index is -0.627. The van der Waals surface area contributed by atoms with Crippen LogP contribution in [0.3, 0.4) is 0 Å². The maximum Gasteiger partial charge on any atom is 0.331 e. The molecule has 2 rings (SSSR count). The topological polar surface area (TPSA) is 68.5 Å². The smallest absolute Gasteiger partial charge is 0.331 e. The second kappa shape index (κ2) is 7.31. The number of ether oxygens (including phenoxy) is 1. The third-order valence-electron chi connectivity index (χ3n) is 2.40. The van der Waals surface area contributed by atoms with Gasteiger partial charge in [0, 0.05) is 16.8 Å². The van der Waals surface area contributed by atoms with Crippen LogP contribution in [-0.4, -0.2) is 18.5 Å². The highest BCUT2D eigenvalue weighted by Gasteiger charge is 2.05. The van der Waals surface area contributed by atoms with Crippen LogP contribution in [0.4, 0.5) is 5.69 Å². The van der Waals surface area contributed by atoms with Crippen molar-refractivity contribution in [3.8, 4) is 0 Å². The third kappa shape index (κ3) is 5.16. The molecule has 0 radical (unpaired) electrons. The highest BCUT2D eigenvalue weighted by atomic mass is 35.5. The average Bonchev–Trinajstić information content (AvgIpc) is 2.99. The minimum Gasteiger partial charge on any atom is -0.465 e. The van der Waals surface area contributed by atoms with Crippen molar-refractivity contribution in [2.45, 2.75) is 0 Å². The molecule has 108 valence electrons. The lowest BCUT2D eigenvalue weighted by atomic mass is 10.3. The quantitative estimate of drug-likeness (QED) is 0.680. The van der Waals surface area contributed by atoms with Gasteiger partial charge in [0.05, 0.1) is 6.26 Å². The molecule has 5 nitrogen and oxygen atoms in total. The number of halogens is 1. The van der Waals surface area contributed by atoms with Crippen molar-refractivity contribution in [1.82, 2.24) is 0 Å². The summed E-state index contributed by atoms with van der Waals surface area (Å²) in [5.41, 5.74) is 0.576. The summed E-state index contributed by atoms with van der Waals surface area (Å²) in [6.45, 7) is -0.371. The molecule has 0 aliphatic rings. The molecule has 0 fully saturated rings. The highest BCUT2D eigenvalue weighted by Crippen LogP contribution is 2.13. The summed E-state index contributed by atoms with van der Waals surface area (Å²) in [5, 5.41) is 3.15. The summed E-state index contributed by atoms with van der Waals surface area (Å²) in [6, 6.07) is 9.99. The monoisotopic (exact) mass is 305 g/mol.